The zero-order valence-electron chi connectivity index (χ0n) is 5.87. The first-order chi connectivity index (χ1) is 5.77. The Balaban J connectivity index is 2.54. The summed E-state index contributed by atoms with van der Waals surface area (Å²) in [5, 5.41) is 0. The summed E-state index contributed by atoms with van der Waals surface area (Å²) in [5.41, 5.74) is 0. The van der Waals surface area contributed by atoms with Crippen LogP contribution < -0.4 is 0 Å². The lowest BCUT2D eigenvalue weighted by Gasteiger charge is -1.93. The van der Waals surface area contributed by atoms with Crippen LogP contribution in [-0.4, -0.2) is 9.55 Å². The lowest BCUT2D eigenvalue weighted by Crippen LogP contribution is -1.93. The first-order valence-corrected chi connectivity index (χ1v) is 4.01. The van der Waals surface area contributed by atoms with E-state index < -0.39 is 6.08 Å². The van der Waals surface area contributed by atoms with Crippen LogP contribution in [0, 0.1) is 6.08 Å². The second kappa shape index (κ2) is 2.75. The molecule has 5 heteroatoms. The highest BCUT2D eigenvalue weighted by Crippen LogP contribution is 2.15. The molecule has 2 aromatic heterocycles. The molecule has 3 nitrogen and oxygen atoms in total. The standard InChI is InChI=1S/C7H4BrFN2O/c8-5-4-11(7(9)10-5)6-2-1-3-12-6/h1-4H. The molecule has 0 unspecified atom stereocenters. The molecule has 0 atom stereocenters. The maximum Gasteiger partial charge on any atom is 0.297 e. The summed E-state index contributed by atoms with van der Waals surface area (Å²) in [7, 11) is 0. The molecular formula is C7H4BrFN2O. The Labute approximate surface area is 76.0 Å². The topological polar surface area (TPSA) is 31.0 Å². The minimum absolute atomic E-state index is 0.408. The second-order valence-corrected chi connectivity index (χ2v) is 2.97. The summed E-state index contributed by atoms with van der Waals surface area (Å²) >= 11 is 3.05. The molecule has 0 amide bonds. The van der Waals surface area contributed by atoms with Gasteiger partial charge in [-0.25, -0.2) is 4.57 Å². The van der Waals surface area contributed by atoms with E-state index in [0.29, 0.717) is 10.5 Å². The fourth-order valence-corrected chi connectivity index (χ4v) is 1.24. The fraction of sp³-hybridized carbons (Fsp3) is 0. The molecule has 2 rings (SSSR count). The van der Waals surface area contributed by atoms with E-state index in [0.717, 1.165) is 0 Å². The van der Waals surface area contributed by atoms with Crippen molar-refractivity contribution in [2.45, 2.75) is 0 Å². The van der Waals surface area contributed by atoms with Crippen molar-refractivity contribution in [3.8, 4) is 5.88 Å². The average Bonchev–Trinajstić information content (AvgIpc) is 2.58. The van der Waals surface area contributed by atoms with Gasteiger partial charge in [0.15, 0.2) is 0 Å². The third kappa shape index (κ3) is 1.16. The monoisotopic (exact) mass is 230 g/mol. The van der Waals surface area contributed by atoms with E-state index in [4.69, 9.17) is 4.42 Å². The summed E-state index contributed by atoms with van der Waals surface area (Å²) in [4.78, 5) is 3.52. The highest BCUT2D eigenvalue weighted by atomic mass is 79.9. The maximum atomic E-state index is 12.9. The molecule has 0 spiro atoms. The Morgan fingerprint density at radius 2 is 2.42 bits per heavy atom. The largest absolute Gasteiger partial charge is 0.448 e. The Hall–Kier alpha value is -1.10. The average molecular weight is 231 g/mol. The number of nitrogens with zero attached hydrogens (tertiary/aromatic N) is 2. The number of aromatic nitrogens is 2. The SMILES string of the molecule is Fc1nc(Br)cn1-c1ccco1. The molecular weight excluding hydrogens is 227 g/mol. The normalized spacial score (nSPS) is 10.5. The van der Waals surface area contributed by atoms with Gasteiger partial charge in [0.05, 0.1) is 6.26 Å². The van der Waals surface area contributed by atoms with Crippen molar-refractivity contribution < 1.29 is 8.81 Å². The first-order valence-electron chi connectivity index (χ1n) is 3.21. The van der Waals surface area contributed by atoms with E-state index in [-0.39, 0.29) is 0 Å². The molecule has 62 valence electrons. The Bertz CT molecular complexity index is 382. The van der Waals surface area contributed by atoms with Crippen LogP contribution in [0.25, 0.3) is 5.88 Å². The van der Waals surface area contributed by atoms with Gasteiger partial charge in [0.1, 0.15) is 4.60 Å². The predicted octanol–water partition coefficient (Wildman–Crippen LogP) is 2.37. The summed E-state index contributed by atoms with van der Waals surface area (Å²) < 4.78 is 19.6. The summed E-state index contributed by atoms with van der Waals surface area (Å²) in [6, 6.07) is 3.33. The van der Waals surface area contributed by atoms with Crippen LogP contribution in [0.15, 0.2) is 33.6 Å². The number of halogens is 2. The first kappa shape index (κ1) is 7.54. The molecule has 0 aliphatic heterocycles. The van der Waals surface area contributed by atoms with E-state index in [9.17, 15) is 4.39 Å². The van der Waals surface area contributed by atoms with Crippen molar-refractivity contribution in [1.82, 2.24) is 9.55 Å². The number of imidazole rings is 1. The Kier molecular flexibility index (Phi) is 1.73. The van der Waals surface area contributed by atoms with E-state index in [1.165, 1.54) is 17.0 Å². The van der Waals surface area contributed by atoms with Crippen LogP contribution in [0.5, 0.6) is 0 Å². The zero-order chi connectivity index (χ0) is 8.55. The smallest absolute Gasteiger partial charge is 0.297 e. The Morgan fingerprint density at radius 3 is 2.92 bits per heavy atom. The van der Waals surface area contributed by atoms with Gasteiger partial charge in [-0.1, -0.05) is 0 Å². The molecule has 0 saturated heterocycles. The number of hydrogen-bond donors (Lipinski definition) is 0. The van der Waals surface area contributed by atoms with Gasteiger partial charge >= 0.3 is 0 Å². The number of hydrogen-bond acceptors (Lipinski definition) is 2. The van der Waals surface area contributed by atoms with Gasteiger partial charge in [-0.2, -0.15) is 9.37 Å². The van der Waals surface area contributed by atoms with E-state index in [1.54, 1.807) is 12.1 Å². The fourth-order valence-electron chi connectivity index (χ4n) is 0.892. The molecule has 0 aliphatic rings. The zero-order valence-corrected chi connectivity index (χ0v) is 7.45. The van der Waals surface area contributed by atoms with Gasteiger partial charge in [0, 0.05) is 12.3 Å². The van der Waals surface area contributed by atoms with Crippen LogP contribution in [0.3, 0.4) is 0 Å². The molecule has 0 radical (unpaired) electrons. The maximum absolute atomic E-state index is 12.9. The van der Waals surface area contributed by atoms with E-state index in [1.807, 2.05) is 0 Å². The number of furan rings is 1. The lowest BCUT2D eigenvalue weighted by molar-refractivity contribution is 0.469. The van der Waals surface area contributed by atoms with Crippen molar-refractivity contribution in [2.24, 2.45) is 0 Å². The Morgan fingerprint density at radius 1 is 1.58 bits per heavy atom. The van der Waals surface area contributed by atoms with Crippen molar-refractivity contribution in [1.29, 1.82) is 0 Å². The summed E-state index contributed by atoms with van der Waals surface area (Å²) in [6.07, 6.45) is 2.37. The predicted molar refractivity (Wildman–Crippen MR) is 43.5 cm³/mol. The third-order valence-electron chi connectivity index (χ3n) is 1.38. The molecule has 0 saturated carbocycles. The minimum Gasteiger partial charge on any atom is -0.448 e. The van der Waals surface area contributed by atoms with Crippen LogP contribution in [0.2, 0.25) is 0 Å². The molecule has 0 aliphatic carbocycles. The van der Waals surface area contributed by atoms with E-state index in [2.05, 4.69) is 20.9 Å². The van der Waals surface area contributed by atoms with Gasteiger partial charge in [-0.15, -0.1) is 0 Å². The quantitative estimate of drug-likeness (QED) is 0.754. The minimum atomic E-state index is -0.600. The lowest BCUT2D eigenvalue weighted by atomic mass is 10.6. The molecule has 12 heavy (non-hydrogen) atoms. The molecule has 0 bridgehead atoms. The van der Waals surface area contributed by atoms with Gasteiger partial charge in [0.25, 0.3) is 6.08 Å². The molecule has 2 heterocycles. The van der Waals surface area contributed by atoms with Crippen molar-refractivity contribution in [3.05, 3.63) is 35.3 Å². The summed E-state index contributed by atoms with van der Waals surface area (Å²) in [6.45, 7) is 0. The molecule has 0 aromatic carbocycles. The van der Waals surface area contributed by atoms with Gasteiger partial charge in [-0.05, 0) is 22.0 Å². The number of rotatable bonds is 1. The van der Waals surface area contributed by atoms with Crippen molar-refractivity contribution >= 4 is 15.9 Å². The van der Waals surface area contributed by atoms with Gasteiger partial charge < -0.3 is 4.42 Å². The summed E-state index contributed by atoms with van der Waals surface area (Å²) in [5.74, 6) is 0.408. The van der Waals surface area contributed by atoms with Crippen LogP contribution >= 0.6 is 15.9 Å². The molecule has 2 aromatic rings. The highest BCUT2D eigenvalue weighted by Gasteiger charge is 2.08. The van der Waals surface area contributed by atoms with E-state index >= 15 is 0 Å². The molecule has 0 fully saturated rings. The van der Waals surface area contributed by atoms with Crippen molar-refractivity contribution in [2.75, 3.05) is 0 Å². The third-order valence-corrected chi connectivity index (χ3v) is 1.76. The second-order valence-electron chi connectivity index (χ2n) is 2.15. The van der Waals surface area contributed by atoms with Crippen LogP contribution in [0.1, 0.15) is 0 Å². The highest BCUT2D eigenvalue weighted by molar-refractivity contribution is 9.10. The van der Waals surface area contributed by atoms with Crippen molar-refractivity contribution in [3.63, 3.8) is 0 Å². The van der Waals surface area contributed by atoms with Gasteiger partial charge in [0.2, 0.25) is 5.88 Å². The van der Waals surface area contributed by atoms with Gasteiger partial charge in [-0.3, -0.25) is 0 Å². The van der Waals surface area contributed by atoms with Crippen LogP contribution in [-0.2, 0) is 0 Å². The van der Waals surface area contributed by atoms with Crippen LogP contribution in [0.4, 0.5) is 4.39 Å². The molecule has 0 N–H and O–H groups in total.